The second-order valence-electron chi connectivity index (χ2n) is 15.3. The number of oxime groups is 1. The zero-order chi connectivity index (χ0) is 38.9. The van der Waals surface area contributed by atoms with Crippen molar-refractivity contribution < 1.29 is 29.3 Å². The molecule has 1 heterocycles. The lowest BCUT2D eigenvalue weighted by Gasteiger charge is -2.58. The number of aliphatic hydroxyl groups is 2. The summed E-state index contributed by atoms with van der Waals surface area (Å²) < 4.78 is 21.0. The van der Waals surface area contributed by atoms with Crippen molar-refractivity contribution in [1.29, 1.82) is 0 Å². The summed E-state index contributed by atoms with van der Waals surface area (Å²) in [7, 11) is 0. The van der Waals surface area contributed by atoms with Gasteiger partial charge in [0.05, 0.1) is 23.5 Å². The number of hydrogen-bond donors (Lipinski definition) is 2. The Bertz CT molecular complexity index is 1980. The molecule has 7 nitrogen and oxygen atoms in total. The van der Waals surface area contributed by atoms with Crippen molar-refractivity contribution >= 4 is 17.5 Å². The fourth-order valence-corrected chi connectivity index (χ4v) is 10.1. The molecule has 0 bridgehead atoms. The van der Waals surface area contributed by atoms with Crippen molar-refractivity contribution in [2.24, 2.45) is 22.9 Å². The van der Waals surface area contributed by atoms with E-state index >= 15 is 0 Å². The highest BCUT2D eigenvalue weighted by molar-refractivity contribution is 8.00. The number of hydrogen-bond acceptors (Lipinski definition) is 8. The number of ether oxygens (including phenoxy) is 3. The van der Waals surface area contributed by atoms with Crippen LogP contribution in [-0.4, -0.2) is 46.8 Å². The SMILES string of the molecule is C=CCO[C@@]12Oc3ccc(Oc4ccc(C)c(C)c4)cc3[C@H]3[C@H](CCCCO)[C@@H](CCCCO)C=C(C(=NOCc4ccccc4)C[C@@H]1Sc1ccccc1)[C@H]32. The second kappa shape index (κ2) is 18.7. The molecule has 0 amide bonds. The Labute approximate surface area is 336 Å². The molecular formula is C48H55NO6S. The van der Waals surface area contributed by atoms with Crippen LogP contribution >= 0.6 is 11.8 Å². The molecule has 294 valence electrons. The van der Waals surface area contributed by atoms with E-state index < -0.39 is 5.79 Å². The van der Waals surface area contributed by atoms with E-state index in [4.69, 9.17) is 24.2 Å². The van der Waals surface area contributed by atoms with Crippen LogP contribution in [0.2, 0.25) is 0 Å². The number of unbranched alkanes of at least 4 members (excludes halogenated alkanes) is 2. The number of aliphatic hydroxyl groups excluding tert-OH is 2. The molecular weight excluding hydrogens is 719 g/mol. The summed E-state index contributed by atoms with van der Waals surface area (Å²) in [5.74, 6) is 1.43. The first-order valence-corrected chi connectivity index (χ1v) is 21.0. The lowest BCUT2D eigenvalue weighted by Crippen LogP contribution is -2.64. The maximum atomic E-state index is 9.94. The number of benzene rings is 4. The molecule has 1 saturated carbocycles. The first kappa shape index (κ1) is 39.9. The third kappa shape index (κ3) is 8.79. The van der Waals surface area contributed by atoms with Crippen molar-refractivity contribution in [3.8, 4) is 17.2 Å². The summed E-state index contributed by atoms with van der Waals surface area (Å²) in [6, 6.07) is 33.0. The van der Waals surface area contributed by atoms with Crippen molar-refractivity contribution in [2.75, 3.05) is 19.8 Å². The van der Waals surface area contributed by atoms with E-state index in [2.05, 4.69) is 87.2 Å². The summed E-state index contributed by atoms with van der Waals surface area (Å²) >= 11 is 1.76. The predicted octanol–water partition coefficient (Wildman–Crippen LogP) is 10.7. The fourth-order valence-electron chi connectivity index (χ4n) is 8.82. The van der Waals surface area contributed by atoms with Crippen molar-refractivity contribution in [3.05, 3.63) is 144 Å². The van der Waals surface area contributed by atoms with Crippen LogP contribution in [-0.2, 0) is 16.2 Å². The second-order valence-corrected chi connectivity index (χ2v) is 16.6. The van der Waals surface area contributed by atoms with Gasteiger partial charge in [-0.2, -0.15) is 0 Å². The van der Waals surface area contributed by atoms with Crippen LogP contribution in [0.25, 0.3) is 0 Å². The van der Waals surface area contributed by atoms with E-state index in [-0.39, 0.29) is 42.1 Å². The monoisotopic (exact) mass is 773 g/mol. The molecule has 0 aromatic heterocycles. The third-order valence-electron chi connectivity index (χ3n) is 11.6. The van der Waals surface area contributed by atoms with E-state index in [1.54, 1.807) is 11.8 Å². The van der Waals surface area contributed by atoms with Crippen LogP contribution in [0.4, 0.5) is 0 Å². The average Bonchev–Trinajstić information content (AvgIpc) is 3.21. The fraction of sp³-hybridized carbons (Fsp3) is 0.396. The van der Waals surface area contributed by atoms with Crippen LogP contribution in [0, 0.1) is 31.6 Å². The van der Waals surface area contributed by atoms with Gasteiger partial charge in [0.2, 0.25) is 5.79 Å². The highest BCUT2D eigenvalue weighted by atomic mass is 32.2. The molecule has 3 aliphatic rings. The number of aryl methyl sites for hydroxylation is 2. The van der Waals surface area contributed by atoms with Crippen LogP contribution in [0.1, 0.15) is 73.1 Å². The van der Waals surface area contributed by atoms with Crippen molar-refractivity contribution in [2.45, 2.75) is 87.3 Å². The van der Waals surface area contributed by atoms with Gasteiger partial charge in [0.15, 0.2) is 0 Å². The highest BCUT2D eigenvalue weighted by Gasteiger charge is 2.64. The van der Waals surface area contributed by atoms with Crippen LogP contribution in [0.3, 0.4) is 0 Å². The van der Waals surface area contributed by atoms with Crippen LogP contribution in [0.5, 0.6) is 17.2 Å². The molecule has 1 aliphatic heterocycles. The summed E-state index contributed by atoms with van der Waals surface area (Å²) in [6.07, 6.45) is 9.93. The molecule has 8 heteroatoms. The van der Waals surface area contributed by atoms with Gasteiger partial charge in [-0.05, 0) is 116 Å². The number of rotatable bonds is 18. The quantitative estimate of drug-likeness (QED) is 0.0591. The molecule has 7 rings (SSSR count). The largest absolute Gasteiger partial charge is 0.460 e. The standard InChI is InChI=1S/C48H55NO6S/c1-4-27-52-48-45(56-39-18-9-6-10-19-39)31-43(49-53-32-35-15-7-5-8-16-35)41-29-36(17-11-13-25-50)40(20-12-14-26-51)46(47(41)48)42-30-38(23-24-44(42)55-48)54-37-22-21-33(2)34(3)28-37/h4-10,15-16,18-19,21-24,28-30,36,40,45-47,50-51H,1,11-14,17,20,25-27,31-32H2,2-3H3/t36-,40+,45-,46+,47+,48+/m0/s1. The van der Waals surface area contributed by atoms with E-state index in [1.165, 1.54) is 11.1 Å². The maximum absolute atomic E-state index is 9.94. The van der Waals surface area contributed by atoms with Gasteiger partial charge in [-0.25, -0.2) is 0 Å². The Balaban J connectivity index is 1.40. The topological polar surface area (TPSA) is 89.7 Å². The Morgan fingerprint density at radius 1 is 0.857 bits per heavy atom. The Morgan fingerprint density at radius 2 is 1.57 bits per heavy atom. The van der Waals surface area contributed by atoms with Gasteiger partial charge in [-0.3, -0.25) is 0 Å². The van der Waals surface area contributed by atoms with Gasteiger partial charge >= 0.3 is 0 Å². The van der Waals surface area contributed by atoms with E-state index in [0.717, 1.165) is 83.1 Å². The molecule has 0 spiro atoms. The van der Waals surface area contributed by atoms with Crippen molar-refractivity contribution in [3.63, 3.8) is 0 Å². The normalized spacial score (nSPS) is 24.4. The van der Waals surface area contributed by atoms with Crippen LogP contribution < -0.4 is 9.47 Å². The highest BCUT2D eigenvalue weighted by Crippen LogP contribution is 2.63. The predicted molar refractivity (Wildman–Crippen MR) is 224 cm³/mol. The van der Waals surface area contributed by atoms with Gasteiger partial charge < -0.3 is 29.3 Å². The van der Waals surface area contributed by atoms with Gasteiger partial charge in [0.25, 0.3) is 0 Å². The zero-order valence-electron chi connectivity index (χ0n) is 32.6. The zero-order valence-corrected chi connectivity index (χ0v) is 33.5. The Kier molecular flexibility index (Phi) is 13.3. The van der Waals surface area contributed by atoms with Crippen LogP contribution in [0.15, 0.2) is 131 Å². The maximum Gasteiger partial charge on any atom is 0.231 e. The summed E-state index contributed by atoms with van der Waals surface area (Å²) in [4.78, 5) is 7.34. The molecule has 4 aromatic carbocycles. The molecule has 0 unspecified atom stereocenters. The minimum Gasteiger partial charge on any atom is -0.460 e. The third-order valence-corrected chi connectivity index (χ3v) is 12.9. The number of allylic oxidation sites excluding steroid dienone is 1. The van der Waals surface area contributed by atoms with E-state index in [0.29, 0.717) is 19.6 Å². The van der Waals surface area contributed by atoms with Crippen molar-refractivity contribution in [1.82, 2.24) is 0 Å². The summed E-state index contributed by atoms with van der Waals surface area (Å²) in [6.45, 7) is 9.27. The molecule has 2 aliphatic carbocycles. The molecule has 1 fully saturated rings. The molecule has 0 saturated heterocycles. The lowest BCUT2D eigenvalue weighted by atomic mass is 9.56. The first-order valence-electron chi connectivity index (χ1n) is 20.1. The summed E-state index contributed by atoms with van der Waals surface area (Å²) in [5, 5.41) is 24.6. The van der Waals surface area contributed by atoms with Gasteiger partial charge in [0.1, 0.15) is 23.9 Å². The molecule has 56 heavy (non-hydrogen) atoms. The molecule has 2 N–H and O–H groups in total. The first-order chi connectivity index (χ1) is 27.4. The molecule has 6 atom stereocenters. The Morgan fingerprint density at radius 3 is 2.30 bits per heavy atom. The van der Waals surface area contributed by atoms with Gasteiger partial charge in [-0.15, -0.1) is 18.3 Å². The molecule has 0 radical (unpaired) electrons. The number of fused-ring (bicyclic) bond motifs is 2. The Hall–Kier alpha value is -4.34. The lowest BCUT2D eigenvalue weighted by molar-refractivity contribution is -0.223. The summed E-state index contributed by atoms with van der Waals surface area (Å²) in [5.41, 5.74) is 6.57. The van der Waals surface area contributed by atoms with Gasteiger partial charge in [-0.1, -0.05) is 84.7 Å². The number of thioether (sulfide) groups is 1. The van der Waals surface area contributed by atoms with E-state index in [9.17, 15) is 10.2 Å². The van der Waals surface area contributed by atoms with Gasteiger partial charge in [0, 0.05) is 36.0 Å². The van der Waals surface area contributed by atoms with E-state index in [1.807, 2.05) is 42.5 Å². The smallest absolute Gasteiger partial charge is 0.231 e. The number of nitrogens with zero attached hydrogens (tertiary/aromatic N) is 1. The average molecular weight is 774 g/mol. The molecule has 4 aromatic rings. The minimum absolute atomic E-state index is 0.0248. The minimum atomic E-state index is -1.06.